The van der Waals surface area contributed by atoms with Crippen molar-refractivity contribution in [3.05, 3.63) is 58.9 Å². The largest absolute Gasteiger partial charge is 0.454 e. The molecule has 0 aliphatic rings. The molecular formula is C14H10F3NO2. The summed E-state index contributed by atoms with van der Waals surface area (Å²) in [6.07, 6.45) is 0. The van der Waals surface area contributed by atoms with E-state index in [9.17, 15) is 18.0 Å². The fraction of sp³-hybridized carbons (Fsp3) is 0.0714. The molecule has 104 valence electrons. The van der Waals surface area contributed by atoms with Crippen molar-refractivity contribution >= 4 is 5.91 Å². The van der Waals surface area contributed by atoms with Crippen molar-refractivity contribution < 1.29 is 22.7 Å². The summed E-state index contributed by atoms with van der Waals surface area (Å²) in [5.41, 5.74) is 5.75. The Morgan fingerprint density at radius 3 is 2.40 bits per heavy atom. The van der Waals surface area contributed by atoms with Gasteiger partial charge in [0.15, 0.2) is 17.4 Å². The number of halogens is 3. The van der Waals surface area contributed by atoms with Gasteiger partial charge in [0.1, 0.15) is 5.75 Å². The number of nitrogens with two attached hydrogens (primary N) is 1. The summed E-state index contributed by atoms with van der Waals surface area (Å²) in [5.74, 6) is -5.38. The van der Waals surface area contributed by atoms with Crippen LogP contribution in [0, 0.1) is 24.4 Å². The third-order valence-electron chi connectivity index (χ3n) is 2.77. The first kappa shape index (κ1) is 13.9. The lowest BCUT2D eigenvalue weighted by Gasteiger charge is -2.11. The van der Waals surface area contributed by atoms with Crippen LogP contribution in [-0.4, -0.2) is 5.91 Å². The maximum atomic E-state index is 13.5. The van der Waals surface area contributed by atoms with E-state index in [1.54, 1.807) is 6.92 Å². The molecule has 0 aliphatic heterocycles. The number of hydrogen-bond acceptors (Lipinski definition) is 2. The van der Waals surface area contributed by atoms with Crippen molar-refractivity contribution in [1.29, 1.82) is 0 Å². The zero-order valence-corrected chi connectivity index (χ0v) is 10.4. The predicted molar refractivity (Wildman–Crippen MR) is 66.1 cm³/mol. The van der Waals surface area contributed by atoms with Gasteiger partial charge in [0, 0.05) is 11.1 Å². The van der Waals surface area contributed by atoms with Gasteiger partial charge >= 0.3 is 0 Å². The molecule has 1 amide bonds. The molecule has 2 N–H and O–H groups in total. The highest BCUT2D eigenvalue weighted by molar-refractivity contribution is 5.94. The van der Waals surface area contributed by atoms with Crippen LogP contribution in [0.5, 0.6) is 11.5 Å². The molecule has 0 fully saturated rings. The van der Waals surface area contributed by atoms with Crippen molar-refractivity contribution in [3.63, 3.8) is 0 Å². The minimum Gasteiger partial charge on any atom is -0.454 e. The maximum absolute atomic E-state index is 13.5. The van der Waals surface area contributed by atoms with Gasteiger partial charge in [-0.15, -0.1) is 0 Å². The molecular weight excluding hydrogens is 271 g/mol. The molecule has 0 aromatic heterocycles. The highest BCUT2D eigenvalue weighted by Crippen LogP contribution is 2.30. The molecule has 0 radical (unpaired) electrons. The van der Waals surface area contributed by atoms with Gasteiger partial charge in [-0.3, -0.25) is 4.79 Å². The molecule has 0 saturated carbocycles. The number of rotatable bonds is 3. The molecule has 0 atom stereocenters. The van der Waals surface area contributed by atoms with E-state index in [1.165, 1.54) is 18.2 Å². The highest BCUT2D eigenvalue weighted by atomic mass is 19.2. The average molecular weight is 281 g/mol. The number of ether oxygens (including phenoxy) is 1. The van der Waals surface area contributed by atoms with Gasteiger partial charge in [-0.25, -0.2) is 8.78 Å². The van der Waals surface area contributed by atoms with Gasteiger partial charge in [-0.2, -0.15) is 4.39 Å². The average Bonchev–Trinajstić information content (AvgIpc) is 2.41. The summed E-state index contributed by atoms with van der Waals surface area (Å²) < 4.78 is 44.6. The zero-order chi connectivity index (χ0) is 14.9. The molecule has 0 bridgehead atoms. The number of carbonyl (C=O) groups excluding carboxylic acids is 1. The van der Waals surface area contributed by atoms with Crippen molar-refractivity contribution in [2.45, 2.75) is 6.92 Å². The van der Waals surface area contributed by atoms with Gasteiger partial charge in [0.25, 0.3) is 0 Å². The smallest absolute Gasteiger partial charge is 0.249 e. The predicted octanol–water partition coefficient (Wildman–Crippen LogP) is 3.30. The van der Waals surface area contributed by atoms with Crippen LogP contribution < -0.4 is 10.5 Å². The first-order valence-corrected chi connectivity index (χ1v) is 5.62. The molecule has 20 heavy (non-hydrogen) atoms. The Kier molecular flexibility index (Phi) is 3.65. The Bertz CT molecular complexity index is 686. The van der Waals surface area contributed by atoms with Gasteiger partial charge in [0.2, 0.25) is 11.7 Å². The molecule has 0 unspecified atom stereocenters. The van der Waals surface area contributed by atoms with Gasteiger partial charge in [0.05, 0.1) is 0 Å². The van der Waals surface area contributed by atoms with E-state index in [4.69, 9.17) is 10.5 Å². The van der Waals surface area contributed by atoms with E-state index in [2.05, 4.69) is 0 Å². The van der Waals surface area contributed by atoms with Gasteiger partial charge in [-0.05, 0) is 31.2 Å². The number of amides is 1. The molecule has 3 nitrogen and oxygen atoms in total. The topological polar surface area (TPSA) is 52.3 Å². The molecule has 0 heterocycles. The molecule has 0 saturated heterocycles. The summed E-state index contributed by atoms with van der Waals surface area (Å²) >= 11 is 0. The van der Waals surface area contributed by atoms with Crippen molar-refractivity contribution in [2.24, 2.45) is 5.73 Å². The number of primary amides is 1. The molecule has 0 spiro atoms. The second-order valence-corrected chi connectivity index (χ2v) is 4.07. The second-order valence-electron chi connectivity index (χ2n) is 4.07. The quantitative estimate of drug-likeness (QED) is 0.877. The molecule has 6 heteroatoms. The molecule has 2 rings (SSSR count). The molecule has 2 aromatic carbocycles. The Hall–Kier alpha value is -2.50. The van der Waals surface area contributed by atoms with Crippen LogP contribution >= 0.6 is 0 Å². The normalized spacial score (nSPS) is 10.4. The summed E-state index contributed by atoms with van der Waals surface area (Å²) in [6, 6.07) is 6.14. The maximum Gasteiger partial charge on any atom is 0.249 e. The van der Waals surface area contributed by atoms with Crippen LogP contribution in [0.25, 0.3) is 0 Å². The van der Waals surface area contributed by atoms with E-state index in [1.807, 2.05) is 0 Å². The molecule has 2 aromatic rings. The number of benzene rings is 2. The second kappa shape index (κ2) is 5.24. The van der Waals surface area contributed by atoms with E-state index >= 15 is 0 Å². The Labute approximate surface area is 112 Å². The lowest BCUT2D eigenvalue weighted by molar-refractivity contribution is 0.0999. The third-order valence-corrected chi connectivity index (χ3v) is 2.77. The van der Waals surface area contributed by atoms with Crippen LogP contribution in [0.4, 0.5) is 13.2 Å². The van der Waals surface area contributed by atoms with Crippen LogP contribution in [-0.2, 0) is 0 Å². The number of hydrogen-bond donors (Lipinski definition) is 1. The van der Waals surface area contributed by atoms with Crippen LogP contribution in [0.1, 0.15) is 15.9 Å². The summed E-state index contributed by atoms with van der Waals surface area (Å²) in [6.45, 7) is 1.55. The van der Waals surface area contributed by atoms with Crippen molar-refractivity contribution in [1.82, 2.24) is 0 Å². The monoisotopic (exact) mass is 281 g/mol. The summed E-state index contributed by atoms with van der Waals surface area (Å²) in [5, 5.41) is 0. The first-order valence-electron chi connectivity index (χ1n) is 5.62. The van der Waals surface area contributed by atoms with E-state index < -0.39 is 29.1 Å². The van der Waals surface area contributed by atoms with E-state index in [0.717, 1.165) is 12.1 Å². The number of carbonyl (C=O) groups is 1. The lowest BCUT2D eigenvalue weighted by Crippen LogP contribution is -2.12. The summed E-state index contributed by atoms with van der Waals surface area (Å²) in [7, 11) is 0. The summed E-state index contributed by atoms with van der Waals surface area (Å²) in [4.78, 5) is 11.2. The first-order chi connectivity index (χ1) is 9.41. The van der Waals surface area contributed by atoms with E-state index in [-0.39, 0.29) is 11.3 Å². The van der Waals surface area contributed by atoms with Crippen LogP contribution in [0.15, 0.2) is 30.3 Å². The van der Waals surface area contributed by atoms with Crippen molar-refractivity contribution in [3.8, 4) is 11.5 Å². The fourth-order valence-electron chi connectivity index (χ4n) is 1.70. The van der Waals surface area contributed by atoms with Gasteiger partial charge < -0.3 is 10.5 Å². The minimum absolute atomic E-state index is 0.131. The fourth-order valence-corrected chi connectivity index (χ4v) is 1.70. The van der Waals surface area contributed by atoms with Crippen molar-refractivity contribution in [2.75, 3.05) is 0 Å². The standard InChI is InChI=1S/C14H10F3NO2/c1-7-8(14(18)19)3-2-4-10(7)20-11-6-5-9(15)12(16)13(11)17/h2-6H,1H3,(H2,18,19). The van der Waals surface area contributed by atoms with Crippen LogP contribution in [0.2, 0.25) is 0 Å². The zero-order valence-electron chi connectivity index (χ0n) is 10.4. The van der Waals surface area contributed by atoms with Crippen LogP contribution in [0.3, 0.4) is 0 Å². The van der Waals surface area contributed by atoms with Gasteiger partial charge in [-0.1, -0.05) is 6.07 Å². The Morgan fingerprint density at radius 2 is 1.75 bits per heavy atom. The van der Waals surface area contributed by atoms with E-state index in [0.29, 0.717) is 5.56 Å². The highest BCUT2D eigenvalue weighted by Gasteiger charge is 2.17. The Morgan fingerprint density at radius 1 is 1.05 bits per heavy atom. The Balaban J connectivity index is 2.43. The molecule has 0 aliphatic carbocycles. The lowest BCUT2D eigenvalue weighted by atomic mass is 10.1. The minimum atomic E-state index is -1.62. The third kappa shape index (κ3) is 2.45. The SMILES string of the molecule is Cc1c(Oc2ccc(F)c(F)c2F)cccc1C(N)=O.